The number of hydrogen-bond donors (Lipinski definition) is 0. The van der Waals surface area contributed by atoms with Crippen LogP contribution in [-0.4, -0.2) is 14.4 Å². The maximum Gasteiger partial charge on any atom is 0.161 e. The number of halogens is 1. The first kappa shape index (κ1) is 11.2. The molecule has 0 saturated heterocycles. The molecule has 0 atom stereocenters. The van der Waals surface area contributed by atoms with Crippen molar-refractivity contribution in [3.63, 3.8) is 0 Å². The first-order valence-corrected chi connectivity index (χ1v) is 6.12. The van der Waals surface area contributed by atoms with E-state index >= 15 is 0 Å². The molecular weight excluding hydrogens is 246 g/mol. The topological polar surface area (TPSA) is 30.2 Å². The molecule has 0 amide bonds. The normalized spacial score (nSPS) is 11.1. The Bertz CT molecular complexity index is 717. The Morgan fingerprint density at radius 1 is 1.06 bits per heavy atom. The molecule has 0 fully saturated rings. The Labute approximate surface area is 110 Å². The van der Waals surface area contributed by atoms with Crippen molar-refractivity contribution >= 4 is 17.2 Å². The third-order valence-electron chi connectivity index (χ3n) is 2.88. The number of imidazole rings is 1. The van der Waals surface area contributed by atoms with Crippen LogP contribution in [0, 0.1) is 13.8 Å². The summed E-state index contributed by atoms with van der Waals surface area (Å²) in [5.74, 6) is 0.834. The van der Waals surface area contributed by atoms with Gasteiger partial charge in [-0.05, 0) is 19.9 Å². The largest absolute Gasteiger partial charge is 0.266 e. The van der Waals surface area contributed by atoms with E-state index in [9.17, 15) is 0 Å². The monoisotopic (exact) mass is 257 g/mol. The second-order valence-electron chi connectivity index (χ2n) is 4.27. The van der Waals surface area contributed by atoms with E-state index in [2.05, 4.69) is 9.97 Å². The number of rotatable bonds is 1. The van der Waals surface area contributed by atoms with Crippen LogP contribution in [0.3, 0.4) is 0 Å². The van der Waals surface area contributed by atoms with Gasteiger partial charge in [-0.2, -0.15) is 0 Å². The highest BCUT2D eigenvalue weighted by atomic mass is 35.5. The van der Waals surface area contributed by atoms with Crippen molar-refractivity contribution in [3.8, 4) is 11.4 Å². The van der Waals surface area contributed by atoms with Crippen LogP contribution in [0.1, 0.15) is 11.4 Å². The lowest BCUT2D eigenvalue weighted by molar-refractivity contribution is 1.08. The number of nitrogens with zero attached hydrogens (tertiary/aromatic N) is 3. The highest BCUT2D eigenvalue weighted by molar-refractivity contribution is 6.30. The van der Waals surface area contributed by atoms with Crippen LogP contribution < -0.4 is 0 Å². The average molecular weight is 258 g/mol. The second kappa shape index (κ2) is 4.10. The summed E-state index contributed by atoms with van der Waals surface area (Å²) >= 11 is 6.31. The predicted molar refractivity (Wildman–Crippen MR) is 72.9 cm³/mol. The molecule has 3 nitrogen and oxygen atoms in total. The number of aromatic nitrogens is 3. The molecule has 1 aromatic carbocycles. The van der Waals surface area contributed by atoms with E-state index in [1.165, 1.54) is 0 Å². The molecule has 18 heavy (non-hydrogen) atoms. The van der Waals surface area contributed by atoms with E-state index in [1.807, 2.05) is 54.6 Å². The second-order valence-corrected chi connectivity index (χ2v) is 4.65. The van der Waals surface area contributed by atoms with Gasteiger partial charge in [0, 0.05) is 11.3 Å². The molecule has 0 spiro atoms. The van der Waals surface area contributed by atoms with Crippen molar-refractivity contribution in [3.05, 3.63) is 52.9 Å². The first-order chi connectivity index (χ1) is 8.66. The fourth-order valence-electron chi connectivity index (χ4n) is 2.07. The molecular formula is C14H12ClN3. The van der Waals surface area contributed by atoms with Gasteiger partial charge in [-0.1, -0.05) is 41.9 Å². The zero-order valence-corrected chi connectivity index (χ0v) is 10.9. The summed E-state index contributed by atoms with van der Waals surface area (Å²) in [4.78, 5) is 9.08. The zero-order valence-electron chi connectivity index (χ0n) is 10.2. The van der Waals surface area contributed by atoms with Crippen LogP contribution >= 0.6 is 11.6 Å². The van der Waals surface area contributed by atoms with Crippen LogP contribution in [-0.2, 0) is 0 Å². The lowest BCUT2D eigenvalue weighted by Gasteiger charge is -2.04. The fraction of sp³-hybridized carbons (Fsp3) is 0.143. The molecule has 3 rings (SSSR count). The van der Waals surface area contributed by atoms with Crippen LogP contribution in [0.25, 0.3) is 17.0 Å². The molecule has 2 heterocycles. The summed E-state index contributed by atoms with van der Waals surface area (Å²) in [6, 6.07) is 11.8. The highest BCUT2D eigenvalue weighted by Gasteiger charge is 2.13. The Morgan fingerprint density at radius 3 is 2.50 bits per heavy atom. The summed E-state index contributed by atoms with van der Waals surface area (Å²) in [7, 11) is 0. The van der Waals surface area contributed by atoms with Crippen LogP contribution in [0.5, 0.6) is 0 Å². The van der Waals surface area contributed by atoms with Crippen LogP contribution in [0.2, 0.25) is 5.15 Å². The lowest BCUT2D eigenvalue weighted by atomic mass is 10.2. The van der Waals surface area contributed by atoms with Gasteiger partial charge in [0.05, 0.1) is 5.69 Å². The number of fused-ring (bicyclic) bond motifs is 1. The third kappa shape index (κ3) is 1.68. The molecule has 0 N–H and O–H groups in total. The highest BCUT2D eigenvalue weighted by Crippen LogP contribution is 2.25. The molecule has 4 heteroatoms. The fourth-order valence-corrected chi connectivity index (χ4v) is 2.39. The Hall–Kier alpha value is -1.87. The molecule has 2 aromatic heterocycles. The van der Waals surface area contributed by atoms with Gasteiger partial charge in [-0.15, -0.1) is 0 Å². The van der Waals surface area contributed by atoms with E-state index in [1.54, 1.807) is 0 Å². The van der Waals surface area contributed by atoms with Crippen molar-refractivity contribution in [2.24, 2.45) is 0 Å². The van der Waals surface area contributed by atoms with E-state index in [0.29, 0.717) is 5.15 Å². The average Bonchev–Trinajstić information content (AvgIpc) is 2.68. The van der Waals surface area contributed by atoms with Gasteiger partial charge in [0.1, 0.15) is 11.0 Å². The summed E-state index contributed by atoms with van der Waals surface area (Å²) in [6.07, 6.45) is 0. The molecule has 0 unspecified atom stereocenters. The SMILES string of the molecule is Cc1cc(Cl)n2c(-c3ccccc3)nc(C)c2n1. The lowest BCUT2D eigenvalue weighted by Crippen LogP contribution is -1.95. The summed E-state index contributed by atoms with van der Waals surface area (Å²) in [6.45, 7) is 3.88. The maximum absolute atomic E-state index is 6.31. The Morgan fingerprint density at radius 2 is 1.78 bits per heavy atom. The molecule has 0 aliphatic rings. The minimum Gasteiger partial charge on any atom is -0.266 e. The summed E-state index contributed by atoms with van der Waals surface area (Å²) < 4.78 is 1.89. The van der Waals surface area contributed by atoms with Gasteiger partial charge in [0.25, 0.3) is 0 Å². The van der Waals surface area contributed by atoms with Gasteiger partial charge < -0.3 is 0 Å². The van der Waals surface area contributed by atoms with Gasteiger partial charge in [-0.25, -0.2) is 9.97 Å². The Kier molecular flexibility index (Phi) is 2.56. The van der Waals surface area contributed by atoms with Crippen molar-refractivity contribution in [2.75, 3.05) is 0 Å². The standard InChI is InChI=1S/C14H12ClN3/c1-9-8-12(15)18-13(16-9)10(2)17-14(18)11-6-4-3-5-7-11/h3-8H,1-2H3. The number of hydrogen-bond acceptors (Lipinski definition) is 2. The van der Waals surface area contributed by atoms with E-state index in [0.717, 1.165) is 28.4 Å². The van der Waals surface area contributed by atoms with Crippen LogP contribution in [0.4, 0.5) is 0 Å². The number of benzene rings is 1. The predicted octanol–water partition coefficient (Wildman–Crippen LogP) is 3.67. The van der Waals surface area contributed by atoms with E-state index in [4.69, 9.17) is 11.6 Å². The molecule has 0 aliphatic heterocycles. The van der Waals surface area contributed by atoms with E-state index < -0.39 is 0 Å². The zero-order chi connectivity index (χ0) is 12.7. The van der Waals surface area contributed by atoms with Crippen molar-refractivity contribution in [1.82, 2.24) is 14.4 Å². The van der Waals surface area contributed by atoms with E-state index in [-0.39, 0.29) is 0 Å². The van der Waals surface area contributed by atoms with Crippen molar-refractivity contribution < 1.29 is 0 Å². The smallest absolute Gasteiger partial charge is 0.161 e. The summed E-state index contributed by atoms with van der Waals surface area (Å²) in [5.41, 5.74) is 3.64. The number of aryl methyl sites for hydroxylation is 2. The molecule has 0 bridgehead atoms. The Balaban J connectivity index is 2.38. The molecule has 0 aliphatic carbocycles. The third-order valence-corrected chi connectivity index (χ3v) is 3.15. The van der Waals surface area contributed by atoms with Crippen molar-refractivity contribution in [2.45, 2.75) is 13.8 Å². The molecule has 0 radical (unpaired) electrons. The summed E-state index contributed by atoms with van der Waals surface area (Å²) in [5, 5.41) is 0.636. The van der Waals surface area contributed by atoms with Gasteiger partial charge in [0.15, 0.2) is 5.65 Å². The van der Waals surface area contributed by atoms with Crippen molar-refractivity contribution in [1.29, 1.82) is 0 Å². The maximum atomic E-state index is 6.31. The van der Waals surface area contributed by atoms with Gasteiger partial charge >= 0.3 is 0 Å². The minimum atomic E-state index is 0.636. The van der Waals surface area contributed by atoms with Gasteiger partial charge in [0.2, 0.25) is 0 Å². The van der Waals surface area contributed by atoms with Crippen LogP contribution in [0.15, 0.2) is 36.4 Å². The molecule has 0 saturated carbocycles. The van der Waals surface area contributed by atoms with Gasteiger partial charge in [-0.3, -0.25) is 4.40 Å². The molecule has 90 valence electrons. The quantitative estimate of drug-likeness (QED) is 0.623. The minimum absolute atomic E-state index is 0.636. The first-order valence-electron chi connectivity index (χ1n) is 5.74. The molecule has 3 aromatic rings.